The molecule has 0 bridgehead atoms. The predicted molar refractivity (Wildman–Crippen MR) is 63.8 cm³/mol. The molecule has 0 aliphatic heterocycles. The standard InChI is InChI=1S/C13H19N/c1-4-5-6-10-14-13-11(2)8-7-9-12(13)3/h4,7-9,14H,1,5-6,10H2,2-3H3. The van der Waals surface area contributed by atoms with Gasteiger partial charge in [-0.3, -0.25) is 0 Å². The molecule has 1 rings (SSSR count). The molecular formula is C13H19N. The van der Waals surface area contributed by atoms with E-state index in [2.05, 4.69) is 43.9 Å². The number of nitrogens with one attached hydrogen (secondary N) is 1. The van der Waals surface area contributed by atoms with Crippen molar-refractivity contribution < 1.29 is 0 Å². The number of unbranched alkanes of at least 4 members (excludes halogenated alkanes) is 1. The number of benzene rings is 1. The van der Waals surface area contributed by atoms with E-state index in [-0.39, 0.29) is 0 Å². The molecule has 0 atom stereocenters. The fourth-order valence-corrected chi connectivity index (χ4v) is 1.55. The van der Waals surface area contributed by atoms with Crippen molar-refractivity contribution in [3.05, 3.63) is 42.0 Å². The predicted octanol–water partition coefficient (Wildman–Crippen LogP) is 3.68. The van der Waals surface area contributed by atoms with Crippen LogP contribution in [0.25, 0.3) is 0 Å². The van der Waals surface area contributed by atoms with Gasteiger partial charge in [0, 0.05) is 12.2 Å². The van der Waals surface area contributed by atoms with E-state index in [1.807, 2.05) is 6.08 Å². The van der Waals surface area contributed by atoms with Crippen molar-refractivity contribution in [2.45, 2.75) is 26.7 Å². The lowest BCUT2D eigenvalue weighted by Gasteiger charge is -2.11. The minimum absolute atomic E-state index is 1.03. The minimum atomic E-state index is 1.03. The summed E-state index contributed by atoms with van der Waals surface area (Å²) in [7, 11) is 0. The topological polar surface area (TPSA) is 12.0 Å². The lowest BCUT2D eigenvalue weighted by Crippen LogP contribution is -2.04. The monoisotopic (exact) mass is 189 g/mol. The van der Waals surface area contributed by atoms with Crippen molar-refractivity contribution in [1.82, 2.24) is 0 Å². The number of hydrogen-bond acceptors (Lipinski definition) is 1. The summed E-state index contributed by atoms with van der Waals surface area (Å²) in [5, 5.41) is 3.47. The zero-order valence-electron chi connectivity index (χ0n) is 9.14. The molecule has 0 saturated carbocycles. The molecule has 1 aromatic carbocycles. The molecule has 1 aromatic rings. The van der Waals surface area contributed by atoms with Crippen LogP contribution < -0.4 is 5.32 Å². The van der Waals surface area contributed by atoms with Crippen molar-refractivity contribution >= 4 is 5.69 Å². The highest BCUT2D eigenvalue weighted by Crippen LogP contribution is 2.19. The van der Waals surface area contributed by atoms with E-state index in [1.165, 1.54) is 16.8 Å². The Morgan fingerprint density at radius 1 is 1.29 bits per heavy atom. The van der Waals surface area contributed by atoms with Gasteiger partial charge in [0.05, 0.1) is 0 Å². The van der Waals surface area contributed by atoms with Gasteiger partial charge in [-0.2, -0.15) is 0 Å². The van der Waals surface area contributed by atoms with Crippen LogP contribution in [0.3, 0.4) is 0 Å². The molecule has 0 saturated heterocycles. The van der Waals surface area contributed by atoms with Crippen LogP contribution in [0, 0.1) is 13.8 Å². The minimum Gasteiger partial charge on any atom is -0.385 e. The SMILES string of the molecule is C=CCCCNc1c(C)cccc1C. The van der Waals surface area contributed by atoms with Crippen LogP contribution in [0.4, 0.5) is 5.69 Å². The van der Waals surface area contributed by atoms with Crippen LogP contribution in [-0.2, 0) is 0 Å². The fraction of sp³-hybridized carbons (Fsp3) is 0.385. The third kappa shape index (κ3) is 2.91. The second-order valence-corrected chi connectivity index (χ2v) is 3.62. The van der Waals surface area contributed by atoms with Gasteiger partial charge in [-0.25, -0.2) is 0 Å². The molecule has 14 heavy (non-hydrogen) atoms. The number of anilines is 1. The second kappa shape index (κ2) is 5.48. The molecule has 0 spiro atoms. The summed E-state index contributed by atoms with van der Waals surface area (Å²) in [6, 6.07) is 6.38. The Balaban J connectivity index is 2.53. The first kappa shape index (κ1) is 10.8. The number of aryl methyl sites for hydroxylation is 2. The highest BCUT2D eigenvalue weighted by Gasteiger charge is 1.99. The van der Waals surface area contributed by atoms with Crippen molar-refractivity contribution in [3.63, 3.8) is 0 Å². The Hall–Kier alpha value is -1.24. The van der Waals surface area contributed by atoms with Gasteiger partial charge in [0.2, 0.25) is 0 Å². The largest absolute Gasteiger partial charge is 0.385 e. The molecule has 0 fully saturated rings. The van der Waals surface area contributed by atoms with Crippen LogP contribution in [0.1, 0.15) is 24.0 Å². The maximum Gasteiger partial charge on any atom is 0.0399 e. The zero-order valence-corrected chi connectivity index (χ0v) is 9.14. The summed E-state index contributed by atoms with van der Waals surface area (Å²) in [4.78, 5) is 0. The van der Waals surface area contributed by atoms with Crippen LogP contribution in [-0.4, -0.2) is 6.54 Å². The van der Waals surface area contributed by atoms with E-state index in [1.54, 1.807) is 0 Å². The van der Waals surface area contributed by atoms with E-state index < -0.39 is 0 Å². The van der Waals surface area contributed by atoms with Gasteiger partial charge in [-0.15, -0.1) is 6.58 Å². The number of rotatable bonds is 5. The van der Waals surface area contributed by atoms with Crippen molar-refractivity contribution in [3.8, 4) is 0 Å². The molecule has 0 heterocycles. The van der Waals surface area contributed by atoms with Crippen molar-refractivity contribution in [1.29, 1.82) is 0 Å². The van der Waals surface area contributed by atoms with Crippen molar-refractivity contribution in [2.24, 2.45) is 0 Å². The second-order valence-electron chi connectivity index (χ2n) is 3.62. The summed E-state index contributed by atoms with van der Waals surface area (Å²) >= 11 is 0. The fourth-order valence-electron chi connectivity index (χ4n) is 1.55. The van der Waals surface area contributed by atoms with Crippen LogP contribution in [0.2, 0.25) is 0 Å². The maximum absolute atomic E-state index is 3.71. The van der Waals surface area contributed by atoms with E-state index in [4.69, 9.17) is 0 Å². The Labute approximate surface area is 86.8 Å². The third-order valence-electron chi connectivity index (χ3n) is 2.37. The first-order valence-electron chi connectivity index (χ1n) is 5.16. The van der Waals surface area contributed by atoms with E-state index in [0.717, 1.165) is 19.4 Å². The number of allylic oxidation sites excluding steroid dienone is 1. The van der Waals surface area contributed by atoms with Gasteiger partial charge in [-0.05, 0) is 37.8 Å². The lowest BCUT2D eigenvalue weighted by molar-refractivity contribution is 0.888. The normalized spacial score (nSPS) is 9.86. The summed E-state index contributed by atoms with van der Waals surface area (Å²) in [6.45, 7) is 9.02. The highest BCUT2D eigenvalue weighted by atomic mass is 14.9. The van der Waals surface area contributed by atoms with E-state index in [0.29, 0.717) is 0 Å². The molecule has 0 amide bonds. The number of para-hydroxylation sites is 1. The molecule has 0 unspecified atom stereocenters. The van der Waals surface area contributed by atoms with Crippen LogP contribution in [0.5, 0.6) is 0 Å². The maximum atomic E-state index is 3.71. The summed E-state index contributed by atoms with van der Waals surface area (Å²) in [5.41, 5.74) is 3.93. The Kier molecular flexibility index (Phi) is 4.24. The third-order valence-corrected chi connectivity index (χ3v) is 2.37. The van der Waals surface area contributed by atoms with Gasteiger partial charge in [0.15, 0.2) is 0 Å². The summed E-state index contributed by atoms with van der Waals surface area (Å²) in [5.74, 6) is 0. The van der Waals surface area contributed by atoms with Crippen molar-refractivity contribution in [2.75, 3.05) is 11.9 Å². The smallest absolute Gasteiger partial charge is 0.0399 e. The van der Waals surface area contributed by atoms with E-state index in [9.17, 15) is 0 Å². The van der Waals surface area contributed by atoms with Gasteiger partial charge < -0.3 is 5.32 Å². The Morgan fingerprint density at radius 3 is 2.50 bits per heavy atom. The molecule has 1 N–H and O–H groups in total. The zero-order chi connectivity index (χ0) is 10.4. The summed E-state index contributed by atoms with van der Waals surface area (Å²) < 4.78 is 0. The quantitative estimate of drug-likeness (QED) is 0.550. The first-order valence-corrected chi connectivity index (χ1v) is 5.16. The molecule has 1 heteroatoms. The number of hydrogen-bond donors (Lipinski definition) is 1. The molecule has 76 valence electrons. The van der Waals surface area contributed by atoms with E-state index >= 15 is 0 Å². The van der Waals surface area contributed by atoms with Crippen LogP contribution in [0.15, 0.2) is 30.9 Å². The summed E-state index contributed by atoms with van der Waals surface area (Å²) in [6.07, 6.45) is 4.20. The lowest BCUT2D eigenvalue weighted by atomic mass is 10.1. The molecule has 0 radical (unpaired) electrons. The molecule has 0 aliphatic rings. The van der Waals surface area contributed by atoms with Gasteiger partial charge in [0.25, 0.3) is 0 Å². The molecule has 1 nitrogen and oxygen atoms in total. The van der Waals surface area contributed by atoms with Gasteiger partial charge in [0.1, 0.15) is 0 Å². The average Bonchev–Trinajstić information content (AvgIpc) is 2.16. The Morgan fingerprint density at radius 2 is 1.93 bits per heavy atom. The highest BCUT2D eigenvalue weighted by molar-refractivity contribution is 5.56. The van der Waals surface area contributed by atoms with Gasteiger partial charge >= 0.3 is 0 Å². The van der Waals surface area contributed by atoms with Crippen LogP contribution >= 0.6 is 0 Å². The molecule has 0 aliphatic carbocycles. The molecule has 0 aromatic heterocycles. The molecular weight excluding hydrogens is 170 g/mol. The van der Waals surface area contributed by atoms with Gasteiger partial charge in [-0.1, -0.05) is 24.3 Å². The average molecular weight is 189 g/mol. The first-order chi connectivity index (χ1) is 6.75. The Bertz CT molecular complexity index is 282.